The third-order valence-corrected chi connectivity index (χ3v) is 5.78. The maximum Gasteiger partial charge on any atom is 0.265 e. The van der Waals surface area contributed by atoms with Gasteiger partial charge in [-0.25, -0.2) is 13.4 Å². The second-order valence-electron chi connectivity index (χ2n) is 6.44. The van der Waals surface area contributed by atoms with Gasteiger partial charge in [0.2, 0.25) is 0 Å². The number of nitrogens with one attached hydrogen (secondary N) is 2. The van der Waals surface area contributed by atoms with E-state index in [1.54, 1.807) is 24.4 Å². The van der Waals surface area contributed by atoms with Crippen molar-refractivity contribution in [3.63, 3.8) is 0 Å². The van der Waals surface area contributed by atoms with Crippen molar-refractivity contribution in [2.24, 2.45) is 0 Å². The minimum atomic E-state index is -3.78. The minimum absolute atomic E-state index is 0.102. The number of pyridine rings is 1. The number of nitrogens with zero attached hydrogens (tertiary/aromatic N) is 1. The Morgan fingerprint density at radius 3 is 2.28 bits per heavy atom. The predicted molar refractivity (Wildman–Crippen MR) is 116 cm³/mol. The lowest BCUT2D eigenvalue weighted by molar-refractivity contribution is 0.340. The van der Waals surface area contributed by atoms with E-state index in [2.05, 4.69) is 21.9 Å². The number of anilines is 2. The van der Waals surface area contributed by atoms with Crippen molar-refractivity contribution in [1.29, 1.82) is 0 Å². The molecule has 1 aromatic heterocycles. The Morgan fingerprint density at radius 2 is 1.62 bits per heavy atom. The fourth-order valence-electron chi connectivity index (χ4n) is 2.81. The Morgan fingerprint density at radius 1 is 0.931 bits per heavy atom. The van der Waals surface area contributed by atoms with E-state index in [9.17, 15) is 8.42 Å². The second kappa shape index (κ2) is 9.43. The monoisotopic (exact) mass is 411 g/mol. The summed E-state index contributed by atoms with van der Waals surface area (Å²) in [7, 11) is -3.78. The SMILES string of the molecule is CCOc1ccc(CNc2ncccc2S(=O)(=O)Nc2ccc(CC)cc2)cc1. The van der Waals surface area contributed by atoms with Crippen LogP contribution in [-0.2, 0) is 23.0 Å². The Bertz CT molecular complexity index is 1030. The molecule has 0 saturated carbocycles. The quantitative estimate of drug-likeness (QED) is 0.544. The molecular formula is C22H25N3O3S. The highest BCUT2D eigenvalue weighted by Crippen LogP contribution is 2.23. The molecule has 0 aliphatic rings. The maximum atomic E-state index is 12.9. The van der Waals surface area contributed by atoms with Gasteiger partial charge in [0.15, 0.2) is 0 Å². The highest BCUT2D eigenvalue weighted by atomic mass is 32.2. The molecule has 0 amide bonds. The third-order valence-electron chi connectivity index (χ3n) is 4.37. The van der Waals surface area contributed by atoms with Crippen molar-refractivity contribution < 1.29 is 13.2 Å². The van der Waals surface area contributed by atoms with Crippen LogP contribution in [0.25, 0.3) is 0 Å². The molecule has 0 spiro atoms. The Hall–Kier alpha value is -3.06. The topological polar surface area (TPSA) is 80.3 Å². The highest BCUT2D eigenvalue weighted by molar-refractivity contribution is 7.92. The van der Waals surface area contributed by atoms with Crippen molar-refractivity contribution >= 4 is 21.5 Å². The van der Waals surface area contributed by atoms with Crippen molar-refractivity contribution in [1.82, 2.24) is 4.98 Å². The number of hydrogen-bond donors (Lipinski definition) is 2. The summed E-state index contributed by atoms with van der Waals surface area (Å²) in [6, 6.07) is 18.1. The molecule has 3 aromatic rings. The second-order valence-corrected chi connectivity index (χ2v) is 8.09. The van der Waals surface area contributed by atoms with E-state index in [1.807, 2.05) is 43.3 Å². The molecule has 0 atom stereocenters. The van der Waals surface area contributed by atoms with Crippen LogP contribution >= 0.6 is 0 Å². The molecule has 0 unspecified atom stereocenters. The standard InChI is InChI=1S/C22H25N3O3S/c1-3-17-7-11-19(12-8-17)25-29(26,27)21-6-5-15-23-22(21)24-16-18-9-13-20(14-10-18)28-4-2/h5-15,25H,3-4,16H2,1-2H3,(H,23,24). The summed E-state index contributed by atoms with van der Waals surface area (Å²) < 4.78 is 33.9. The summed E-state index contributed by atoms with van der Waals surface area (Å²) in [6.07, 6.45) is 2.46. The van der Waals surface area contributed by atoms with E-state index in [0.717, 1.165) is 23.3 Å². The van der Waals surface area contributed by atoms with Gasteiger partial charge >= 0.3 is 0 Å². The number of aromatic nitrogens is 1. The molecule has 0 bridgehead atoms. The van der Waals surface area contributed by atoms with E-state index in [1.165, 1.54) is 6.07 Å². The van der Waals surface area contributed by atoms with E-state index in [-0.39, 0.29) is 4.90 Å². The lowest BCUT2D eigenvalue weighted by Crippen LogP contribution is -2.16. The first-order valence-electron chi connectivity index (χ1n) is 9.54. The molecule has 29 heavy (non-hydrogen) atoms. The smallest absolute Gasteiger partial charge is 0.265 e. The van der Waals surface area contributed by atoms with E-state index < -0.39 is 10.0 Å². The van der Waals surface area contributed by atoms with Crippen molar-refractivity contribution in [2.45, 2.75) is 31.7 Å². The van der Waals surface area contributed by atoms with Gasteiger partial charge in [-0.05, 0) is 60.9 Å². The van der Waals surface area contributed by atoms with Gasteiger partial charge in [-0.2, -0.15) is 0 Å². The van der Waals surface area contributed by atoms with Gasteiger partial charge in [0.25, 0.3) is 10.0 Å². The van der Waals surface area contributed by atoms with Crippen LogP contribution in [0.1, 0.15) is 25.0 Å². The molecule has 2 aromatic carbocycles. The van der Waals surface area contributed by atoms with Crippen LogP contribution in [0.5, 0.6) is 5.75 Å². The number of sulfonamides is 1. The van der Waals surface area contributed by atoms with Crippen LogP contribution in [0.4, 0.5) is 11.5 Å². The molecule has 0 aliphatic heterocycles. The average Bonchev–Trinajstić information content (AvgIpc) is 2.74. The first-order valence-corrected chi connectivity index (χ1v) is 11.0. The van der Waals surface area contributed by atoms with E-state index in [4.69, 9.17) is 4.74 Å². The van der Waals surface area contributed by atoms with Gasteiger partial charge in [0.05, 0.1) is 6.61 Å². The third kappa shape index (κ3) is 5.48. The fourth-order valence-corrected chi connectivity index (χ4v) is 4.01. The molecule has 152 valence electrons. The molecule has 0 saturated heterocycles. The van der Waals surface area contributed by atoms with E-state index >= 15 is 0 Å². The first kappa shape index (κ1) is 20.7. The summed E-state index contributed by atoms with van der Waals surface area (Å²) in [4.78, 5) is 4.32. The van der Waals surface area contributed by atoms with Gasteiger partial charge in [0.1, 0.15) is 16.5 Å². The normalized spacial score (nSPS) is 11.1. The summed E-state index contributed by atoms with van der Waals surface area (Å²) in [5.41, 5.74) is 2.65. The zero-order chi connectivity index (χ0) is 20.7. The minimum Gasteiger partial charge on any atom is -0.494 e. The zero-order valence-electron chi connectivity index (χ0n) is 16.6. The zero-order valence-corrected chi connectivity index (χ0v) is 17.4. The lowest BCUT2D eigenvalue weighted by atomic mass is 10.2. The van der Waals surface area contributed by atoms with Crippen LogP contribution in [0.3, 0.4) is 0 Å². The number of hydrogen-bond acceptors (Lipinski definition) is 5. The Balaban J connectivity index is 1.74. The van der Waals surface area contributed by atoms with Crippen molar-refractivity contribution in [3.05, 3.63) is 78.0 Å². The molecule has 6 nitrogen and oxygen atoms in total. The molecule has 3 rings (SSSR count). The largest absolute Gasteiger partial charge is 0.494 e. The predicted octanol–water partition coefficient (Wildman–Crippen LogP) is 4.46. The van der Waals surface area contributed by atoms with E-state index in [0.29, 0.717) is 24.7 Å². The van der Waals surface area contributed by atoms with Gasteiger partial charge in [-0.1, -0.05) is 31.2 Å². The van der Waals surface area contributed by atoms with Crippen molar-refractivity contribution in [3.8, 4) is 5.75 Å². The van der Waals surface area contributed by atoms with Gasteiger partial charge in [-0.3, -0.25) is 4.72 Å². The number of aryl methyl sites for hydroxylation is 1. The van der Waals surface area contributed by atoms with Crippen molar-refractivity contribution in [2.75, 3.05) is 16.6 Å². The molecule has 0 aliphatic carbocycles. The molecule has 0 fully saturated rings. The summed E-state index contributed by atoms with van der Waals surface area (Å²) in [5, 5.41) is 3.12. The van der Waals surface area contributed by atoms with Gasteiger partial charge in [0, 0.05) is 18.4 Å². The highest BCUT2D eigenvalue weighted by Gasteiger charge is 2.19. The average molecular weight is 412 g/mol. The Labute approximate surface area is 172 Å². The fraction of sp³-hybridized carbons (Fsp3) is 0.227. The molecule has 2 N–H and O–H groups in total. The first-order chi connectivity index (χ1) is 14.0. The lowest BCUT2D eigenvalue weighted by Gasteiger charge is -2.13. The molecule has 7 heteroatoms. The van der Waals surface area contributed by atoms with Crippen LogP contribution in [0, 0.1) is 0 Å². The number of ether oxygens (including phenoxy) is 1. The van der Waals surface area contributed by atoms with Crippen LogP contribution < -0.4 is 14.8 Å². The van der Waals surface area contributed by atoms with Gasteiger partial charge < -0.3 is 10.1 Å². The summed E-state index contributed by atoms with van der Waals surface area (Å²) in [6.45, 7) is 5.04. The Kier molecular flexibility index (Phi) is 6.72. The van der Waals surface area contributed by atoms with Crippen LogP contribution in [0.15, 0.2) is 71.8 Å². The maximum absolute atomic E-state index is 12.9. The number of rotatable bonds is 9. The van der Waals surface area contributed by atoms with Gasteiger partial charge in [-0.15, -0.1) is 0 Å². The summed E-state index contributed by atoms with van der Waals surface area (Å²) >= 11 is 0. The summed E-state index contributed by atoms with van der Waals surface area (Å²) in [5.74, 6) is 1.11. The number of benzene rings is 2. The van der Waals surface area contributed by atoms with Crippen LogP contribution in [-0.4, -0.2) is 20.0 Å². The molecule has 0 radical (unpaired) electrons. The molecule has 1 heterocycles. The van der Waals surface area contributed by atoms with Crippen LogP contribution in [0.2, 0.25) is 0 Å². The molecular weight excluding hydrogens is 386 g/mol.